The van der Waals surface area contributed by atoms with Gasteiger partial charge in [0.2, 0.25) is 0 Å². The molecule has 1 nitrogen and oxygen atoms in total. The van der Waals surface area contributed by atoms with E-state index >= 15 is 0 Å². The molecule has 0 aromatic rings. The average Bonchev–Trinajstić information content (AvgIpc) is 2.95. The third-order valence-electron chi connectivity index (χ3n) is 8.98. The molecule has 0 saturated heterocycles. The van der Waals surface area contributed by atoms with Crippen LogP contribution in [0.2, 0.25) is 0 Å². The van der Waals surface area contributed by atoms with Crippen LogP contribution in [0.15, 0.2) is 0 Å². The van der Waals surface area contributed by atoms with Crippen molar-refractivity contribution in [3.05, 3.63) is 0 Å². The van der Waals surface area contributed by atoms with Crippen molar-refractivity contribution in [3.8, 4) is 0 Å². The smallest absolute Gasteiger partial charge is 0.00187 e. The predicted octanol–water partition coefficient (Wildman–Crippen LogP) is 13.8. The van der Waals surface area contributed by atoms with Crippen molar-refractivity contribution in [1.82, 2.24) is 4.90 Å². The molecule has 0 unspecified atom stereocenters. The molecule has 0 aliphatic heterocycles. The van der Waals surface area contributed by atoms with Gasteiger partial charge in [-0.3, -0.25) is 0 Å². The normalized spacial score (nSPS) is 11.7. The first-order chi connectivity index (χ1) is 19.3. The molecule has 0 bridgehead atoms. The highest BCUT2D eigenvalue weighted by molar-refractivity contribution is 4.59. The Kier molecular flexibility index (Phi) is 35.9. The summed E-state index contributed by atoms with van der Waals surface area (Å²) >= 11 is 0. The van der Waals surface area contributed by atoms with E-state index in [9.17, 15) is 0 Å². The molecule has 0 N–H and O–H groups in total. The third kappa shape index (κ3) is 34.1. The lowest BCUT2D eigenvalue weighted by Crippen LogP contribution is -2.27. The van der Waals surface area contributed by atoms with E-state index in [1.807, 2.05) is 0 Å². The lowest BCUT2D eigenvalue weighted by molar-refractivity contribution is 0.259. The van der Waals surface area contributed by atoms with E-state index in [1.54, 1.807) is 0 Å². The minimum Gasteiger partial charge on any atom is -0.303 e. The second-order valence-electron chi connectivity index (χ2n) is 13.1. The summed E-state index contributed by atoms with van der Waals surface area (Å²) in [6.07, 6.45) is 46.8. The SMILES string of the molecule is CCCCCCCCCCCCCCCCCCCCCCCCCCCCCCN(CCCC)CCCC. The van der Waals surface area contributed by atoms with Gasteiger partial charge in [0.05, 0.1) is 0 Å². The Labute approximate surface area is 250 Å². The molecule has 39 heavy (non-hydrogen) atoms. The van der Waals surface area contributed by atoms with E-state index in [0.29, 0.717) is 0 Å². The summed E-state index contributed by atoms with van der Waals surface area (Å²) in [6, 6.07) is 0. The fourth-order valence-corrected chi connectivity index (χ4v) is 6.10. The molecule has 0 aliphatic rings. The van der Waals surface area contributed by atoms with Crippen LogP contribution in [-0.2, 0) is 0 Å². The molecule has 0 fully saturated rings. The average molecular weight is 550 g/mol. The minimum absolute atomic E-state index is 1.33. The highest BCUT2D eigenvalue weighted by Crippen LogP contribution is 2.16. The Hall–Kier alpha value is -0.0400. The molecular weight excluding hydrogens is 470 g/mol. The number of hydrogen-bond acceptors (Lipinski definition) is 1. The summed E-state index contributed by atoms with van der Waals surface area (Å²) in [6.45, 7) is 11.0. The first kappa shape index (κ1) is 39.0. The van der Waals surface area contributed by atoms with Gasteiger partial charge in [0, 0.05) is 0 Å². The maximum atomic E-state index is 2.73. The Balaban J connectivity index is 3.16. The molecule has 0 rings (SSSR count). The standard InChI is InChI=1S/C38H79N/c1-4-7-10-11-12-13-14-15-16-17-18-19-20-21-22-23-24-25-26-27-28-29-30-31-32-33-34-35-38-39(36-8-5-2)37-9-6-3/h4-38H2,1-3H3. The van der Waals surface area contributed by atoms with Crippen LogP contribution in [0.5, 0.6) is 0 Å². The highest BCUT2D eigenvalue weighted by Gasteiger charge is 2.03. The maximum absolute atomic E-state index is 2.73. The van der Waals surface area contributed by atoms with Gasteiger partial charge in [0.1, 0.15) is 0 Å². The van der Waals surface area contributed by atoms with Crippen LogP contribution < -0.4 is 0 Å². The van der Waals surface area contributed by atoms with Crippen LogP contribution in [0.1, 0.15) is 226 Å². The van der Waals surface area contributed by atoms with Gasteiger partial charge in [-0.2, -0.15) is 0 Å². The van der Waals surface area contributed by atoms with Gasteiger partial charge in [-0.25, -0.2) is 0 Å². The summed E-state index contributed by atoms with van der Waals surface area (Å²) in [5.74, 6) is 0. The zero-order valence-electron chi connectivity index (χ0n) is 28.2. The lowest BCUT2D eigenvalue weighted by atomic mass is 10.0. The molecule has 0 heterocycles. The van der Waals surface area contributed by atoms with Crippen molar-refractivity contribution >= 4 is 0 Å². The second kappa shape index (κ2) is 36.0. The Morgan fingerprint density at radius 2 is 0.385 bits per heavy atom. The highest BCUT2D eigenvalue weighted by atomic mass is 15.1. The quantitative estimate of drug-likeness (QED) is 0.0710. The van der Waals surface area contributed by atoms with Gasteiger partial charge in [-0.15, -0.1) is 0 Å². The van der Waals surface area contributed by atoms with Crippen molar-refractivity contribution in [2.75, 3.05) is 19.6 Å². The molecule has 0 aliphatic carbocycles. The summed E-state index contributed by atoms with van der Waals surface area (Å²) in [5.41, 5.74) is 0. The summed E-state index contributed by atoms with van der Waals surface area (Å²) in [4.78, 5) is 2.73. The molecule has 0 radical (unpaired) electrons. The first-order valence-electron chi connectivity index (χ1n) is 19.1. The van der Waals surface area contributed by atoms with Gasteiger partial charge in [-0.05, 0) is 38.9 Å². The predicted molar refractivity (Wildman–Crippen MR) is 181 cm³/mol. The summed E-state index contributed by atoms with van der Waals surface area (Å²) < 4.78 is 0. The number of nitrogens with zero attached hydrogens (tertiary/aromatic N) is 1. The zero-order chi connectivity index (χ0) is 28.3. The van der Waals surface area contributed by atoms with E-state index < -0.39 is 0 Å². The molecule has 0 amide bonds. The van der Waals surface area contributed by atoms with Crippen molar-refractivity contribution < 1.29 is 0 Å². The Morgan fingerprint density at radius 1 is 0.205 bits per heavy atom. The van der Waals surface area contributed by atoms with Crippen molar-refractivity contribution in [3.63, 3.8) is 0 Å². The zero-order valence-corrected chi connectivity index (χ0v) is 28.2. The molecule has 236 valence electrons. The van der Waals surface area contributed by atoms with Crippen LogP contribution in [0.3, 0.4) is 0 Å². The molecule has 0 atom stereocenters. The van der Waals surface area contributed by atoms with E-state index in [2.05, 4.69) is 25.7 Å². The van der Waals surface area contributed by atoms with Gasteiger partial charge in [0.15, 0.2) is 0 Å². The molecule has 0 saturated carbocycles. The Morgan fingerprint density at radius 3 is 0.615 bits per heavy atom. The number of hydrogen-bond donors (Lipinski definition) is 0. The number of rotatable bonds is 35. The van der Waals surface area contributed by atoms with Crippen LogP contribution in [0.25, 0.3) is 0 Å². The van der Waals surface area contributed by atoms with Crippen LogP contribution in [0, 0.1) is 0 Å². The summed E-state index contributed by atoms with van der Waals surface area (Å²) in [5, 5.41) is 0. The largest absolute Gasteiger partial charge is 0.303 e. The number of unbranched alkanes of at least 4 members (excludes halogenated alkanes) is 29. The lowest BCUT2D eigenvalue weighted by Gasteiger charge is -2.21. The molecule has 0 aromatic heterocycles. The van der Waals surface area contributed by atoms with Gasteiger partial charge in [-0.1, -0.05) is 207 Å². The van der Waals surface area contributed by atoms with Crippen molar-refractivity contribution in [2.45, 2.75) is 226 Å². The van der Waals surface area contributed by atoms with Gasteiger partial charge < -0.3 is 4.90 Å². The first-order valence-corrected chi connectivity index (χ1v) is 19.1. The second-order valence-corrected chi connectivity index (χ2v) is 13.1. The van der Waals surface area contributed by atoms with Crippen LogP contribution >= 0.6 is 0 Å². The fourth-order valence-electron chi connectivity index (χ4n) is 6.10. The van der Waals surface area contributed by atoms with E-state index in [0.717, 1.165) is 0 Å². The van der Waals surface area contributed by atoms with Crippen LogP contribution in [-0.4, -0.2) is 24.5 Å². The van der Waals surface area contributed by atoms with E-state index in [4.69, 9.17) is 0 Å². The molecular formula is C38H79N. The topological polar surface area (TPSA) is 3.24 Å². The maximum Gasteiger partial charge on any atom is -0.00187 e. The van der Waals surface area contributed by atoms with Crippen LogP contribution in [0.4, 0.5) is 0 Å². The van der Waals surface area contributed by atoms with E-state index in [1.165, 1.54) is 225 Å². The monoisotopic (exact) mass is 550 g/mol. The molecule has 1 heteroatoms. The van der Waals surface area contributed by atoms with E-state index in [-0.39, 0.29) is 0 Å². The third-order valence-corrected chi connectivity index (χ3v) is 8.98. The van der Waals surface area contributed by atoms with Gasteiger partial charge in [0.25, 0.3) is 0 Å². The summed E-state index contributed by atoms with van der Waals surface area (Å²) in [7, 11) is 0. The molecule has 0 spiro atoms. The Bertz CT molecular complexity index is 398. The fraction of sp³-hybridized carbons (Fsp3) is 1.00. The van der Waals surface area contributed by atoms with Gasteiger partial charge >= 0.3 is 0 Å². The molecule has 0 aromatic carbocycles. The van der Waals surface area contributed by atoms with Crippen molar-refractivity contribution in [1.29, 1.82) is 0 Å². The van der Waals surface area contributed by atoms with Crippen molar-refractivity contribution in [2.24, 2.45) is 0 Å². The minimum atomic E-state index is 1.33.